The van der Waals surface area contributed by atoms with E-state index in [4.69, 9.17) is 4.42 Å². The summed E-state index contributed by atoms with van der Waals surface area (Å²) in [5, 5.41) is 12.9. The molecule has 4 heteroatoms. The first-order valence-electron chi connectivity index (χ1n) is 7.79. The molecule has 22 heavy (non-hydrogen) atoms. The highest BCUT2D eigenvalue weighted by molar-refractivity contribution is 5.58. The van der Waals surface area contributed by atoms with Crippen LogP contribution >= 0.6 is 0 Å². The number of aliphatic hydroxyl groups excluding tert-OH is 1. The first-order valence-corrected chi connectivity index (χ1v) is 7.79. The summed E-state index contributed by atoms with van der Waals surface area (Å²) in [5.74, 6) is 1.81. The highest BCUT2D eigenvalue weighted by Gasteiger charge is 2.06. The molecule has 1 aromatic carbocycles. The molecule has 0 saturated heterocycles. The summed E-state index contributed by atoms with van der Waals surface area (Å²) in [6.07, 6.45) is 0.689. The van der Waals surface area contributed by atoms with E-state index < -0.39 is 6.10 Å². The van der Waals surface area contributed by atoms with Crippen molar-refractivity contribution in [1.82, 2.24) is 10.2 Å². The quantitative estimate of drug-likeness (QED) is 0.736. The predicted molar refractivity (Wildman–Crippen MR) is 89.7 cm³/mol. The zero-order chi connectivity index (χ0) is 15.9. The van der Waals surface area contributed by atoms with Crippen LogP contribution in [0, 0.1) is 0 Å². The molecule has 0 bridgehead atoms. The summed E-state index contributed by atoms with van der Waals surface area (Å²) in [5.41, 5.74) is 1.95. The van der Waals surface area contributed by atoms with Gasteiger partial charge in [-0.25, -0.2) is 0 Å². The number of aliphatic hydroxyl groups is 1. The first-order chi connectivity index (χ1) is 10.6. The van der Waals surface area contributed by atoms with Gasteiger partial charge >= 0.3 is 0 Å². The maximum absolute atomic E-state index is 9.53. The summed E-state index contributed by atoms with van der Waals surface area (Å²) < 4.78 is 5.86. The van der Waals surface area contributed by atoms with Crippen LogP contribution in [0.2, 0.25) is 0 Å². The summed E-state index contributed by atoms with van der Waals surface area (Å²) in [4.78, 5) is 2.18. The van der Waals surface area contributed by atoms with E-state index >= 15 is 0 Å². The van der Waals surface area contributed by atoms with Crippen LogP contribution in [0.3, 0.4) is 0 Å². The summed E-state index contributed by atoms with van der Waals surface area (Å²) in [7, 11) is 4.17. The smallest absolute Gasteiger partial charge is 0.134 e. The van der Waals surface area contributed by atoms with Gasteiger partial charge in [-0.15, -0.1) is 0 Å². The fourth-order valence-electron chi connectivity index (χ4n) is 2.29. The van der Waals surface area contributed by atoms with Crippen LogP contribution < -0.4 is 5.32 Å². The molecule has 0 spiro atoms. The van der Waals surface area contributed by atoms with E-state index in [0.29, 0.717) is 0 Å². The Morgan fingerprint density at radius 3 is 2.50 bits per heavy atom. The van der Waals surface area contributed by atoms with E-state index in [1.807, 2.05) is 36.4 Å². The lowest BCUT2D eigenvalue weighted by Crippen LogP contribution is -2.20. The topological polar surface area (TPSA) is 48.6 Å². The van der Waals surface area contributed by atoms with Crippen molar-refractivity contribution in [2.24, 2.45) is 0 Å². The van der Waals surface area contributed by atoms with E-state index in [-0.39, 0.29) is 0 Å². The molecule has 2 rings (SSSR count). The van der Waals surface area contributed by atoms with Crippen molar-refractivity contribution in [1.29, 1.82) is 0 Å². The highest BCUT2D eigenvalue weighted by atomic mass is 16.3. The maximum Gasteiger partial charge on any atom is 0.134 e. The Morgan fingerprint density at radius 1 is 1.14 bits per heavy atom. The summed E-state index contributed by atoms with van der Waals surface area (Å²) >= 11 is 0. The molecule has 0 aliphatic carbocycles. The predicted octanol–water partition coefficient (Wildman–Crippen LogP) is 3.04. The largest absolute Gasteiger partial charge is 0.460 e. The van der Waals surface area contributed by atoms with Crippen molar-refractivity contribution in [3.63, 3.8) is 0 Å². The van der Waals surface area contributed by atoms with Gasteiger partial charge in [-0.2, -0.15) is 0 Å². The van der Waals surface area contributed by atoms with Crippen molar-refractivity contribution in [3.8, 4) is 11.3 Å². The van der Waals surface area contributed by atoms with Gasteiger partial charge in [0.15, 0.2) is 0 Å². The fraction of sp³-hybridized carbons (Fsp3) is 0.444. The Kier molecular flexibility index (Phi) is 6.19. The molecule has 4 nitrogen and oxygen atoms in total. The number of nitrogens with one attached hydrogen (secondary N) is 1. The number of hydrogen-bond donors (Lipinski definition) is 2. The molecule has 2 aromatic rings. The van der Waals surface area contributed by atoms with Crippen molar-refractivity contribution in [2.75, 3.05) is 27.2 Å². The van der Waals surface area contributed by atoms with Gasteiger partial charge in [0.2, 0.25) is 0 Å². The van der Waals surface area contributed by atoms with Gasteiger partial charge in [0.05, 0.1) is 12.6 Å². The van der Waals surface area contributed by atoms with Gasteiger partial charge in [0.1, 0.15) is 11.5 Å². The van der Waals surface area contributed by atoms with Crippen LogP contribution in [-0.4, -0.2) is 37.2 Å². The molecule has 1 aromatic heterocycles. The van der Waals surface area contributed by atoms with Gasteiger partial charge in [-0.05, 0) is 58.2 Å². The molecular formula is C18H26N2O2. The lowest BCUT2D eigenvalue weighted by Gasteiger charge is -2.09. The Balaban J connectivity index is 1.85. The van der Waals surface area contributed by atoms with Crippen LogP contribution in [-0.2, 0) is 6.54 Å². The molecule has 0 amide bonds. The maximum atomic E-state index is 9.53. The Hall–Kier alpha value is -1.62. The van der Waals surface area contributed by atoms with Gasteiger partial charge in [-0.3, -0.25) is 0 Å². The molecular weight excluding hydrogens is 276 g/mol. The zero-order valence-electron chi connectivity index (χ0n) is 13.7. The van der Waals surface area contributed by atoms with Crippen LogP contribution in [0.25, 0.3) is 11.3 Å². The number of furan rings is 1. The van der Waals surface area contributed by atoms with Gasteiger partial charge in [0.25, 0.3) is 0 Å². The van der Waals surface area contributed by atoms with Crippen molar-refractivity contribution in [2.45, 2.75) is 26.0 Å². The SMILES string of the molecule is C[C@H](O)c1ccc(-c2ccc(CNCCCN(C)C)o2)cc1. The minimum Gasteiger partial charge on any atom is -0.460 e. The number of rotatable bonds is 8. The Labute approximate surface area is 132 Å². The van der Waals surface area contributed by atoms with Crippen molar-refractivity contribution >= 4 is 0 Å². The number of benzene rings is 1. The van der Waals surface area contributed by atoms with Gasteiger partial charge < -0.3 is 19.7 Å². The average molecular weight is 302 g/mol. The average Bonchev–Trinajstić information content (AvgIpc) is 2.95. The third-order valence-electron chi connectivity index (χ3n) is 3.60. The molecule has 2 N–H and O–H groups in total. The normalized spacial score (nSPS) is 12.8. The van der Waals surface area contributed by atoms with E-state index in [1.54, 1.807) is 6.92 Å². The molecule has 0 aliphatic rings. The van der Waals surface area contributed by atoms with Crippen LogP contribution in [0.1, 0.15) is 30.8 Å². The molecule has 0 aliphatic heterocycles. The third-order valence-corrected chi connectivity index (χ3v) is 3.60. The molecule has 1 heterocycles. The van der Waals surface area contributed by atoms with Gasteiger partial charge in [-0.1, -0.05) is 24.3 Å². The Morgan fingerprint density at radius 2 is 1.86 bits per heavy atom. The second kappa shape index (κ2) is 8.13. The lowest BCUT2D eigenvalue weighted by atomic mass is 10.1. The molecule has 120 valence electrons. The molecule has 0 saturated carbocycles. The van der Waals surface area contributed by atoms with Crippen molar-refractivity contribution < 1.29 is 9.52 Å². The summed E-state index contributed by atoms with van der Waals surface area (Å²) in [6.45, 7) is 4.59. The number of nitrogens with zero attached hydrogens (tertiary/aromatic N) is 1. The van der Waals surface area contributed by atoms with Crippen LogP contribution in [0.4, 0.5) is 0 Å². The van der Waals surface area contributed by atoms with E-state index in [0.717, 1.165) is 48.7 Å². The van der Waals surface area contributed by atoms with Crippen molar-refractivity contribution in [3.05, 3.63) is 47.7 Å². The monoisotopic (exact) mass is 302 g/mol. The second-order valence-corrected chi connectivity index (χ2v) is 5.90. The second-order valence-electron chi connectivity index (χ2n) is 5.90. The van der Waals surface area contributed by atoms with Gasteiger partial charge in [0, 0.05) is 5.56 Å². The fourth-order valence-corrected chi connectivity index (χ4v) is 2.29. The minimum absolute atomic E-state index is 0.437. The highest BCUT2D eigenvalue weighted by Crippen LogP contribution is 2.24. The van der Waals surface area contributed by atoms with E-state index in [2.05, 4.69) is 24.3 Å². The lowest BCUT2D eigenvalue weighted by molar-refractivity contribution is 0.199. The summed E-state index contributed by atoms with van der Waals surface area (Å²) in [6, 6.07) is 11.8. The Bertz CT molecular complexity index is 559. The standard InChI is InChI=1S/C18H26N2O2/c1-14(21)15-5-7-16(8-6-15)18-10-9-17(22-18)13-19-11-4-12-20(2)3/h5-10,14,19,21H,4,11-13H2,1-3H3/t14-/m0/s1. The van der Waals surface area contributed by atoms with Crippen LogP contribution in [0.15, 0.2) is 40.8 Å². The molecule has 1 atom stereocenters. The zero-order valence-corrected chi connectivity index (χ0v) is 13.7. The molecule has 0 fully saturated rings. The third kappa shape index (κ3) is 4.98. The van der Waals surface area contributed by atoms with E-state index in [1.165, 1.54) is 0 Å². The molecule has 0 unspecified atom stereocenters. The molecule has 0 radical (unpaired) electrons. The van der Waals surface area contributed by atoms with Crippen LogP contribution in [0.5, 0.6) is 0 Å². The first kappa shape index (κ1) is 16.7. The van der Waals surface area contributed by atoms with E-state index in [9.17, 15) is 5.11 Å². The minimum atomic E-state index is -0.437. The number of hydrogen-bond acceptors (Lipinski definition) is 4.